The summed E-state index contributed by atoms with van der Waals surface area (Å²) in [5.41, 5.74) is 5.89. The van der Waals surface area contributed by atoms with Crippen LogP contribution in [0.4, 0.5) is 13.2 Å². The van der Waals surface area contributed by atoms with E-state index in [4.69, 9.17) is 5.73 Å². The molecule has 1 aromatic rings. The lowest BCUT2D eigenvalue weighted by atomic mass is 9.92. The van der Waals surface area contributed by atoms with Crippen LogP contribution in [0.1, 0.15) is 30.6 Å². The SMILES string of the molecule is CCC(C)C(N)C(=O)c1cccc(OC(F)(F)F)c1. The van der Waals surface area contributed by atoms with Gasteiger partial charge in [-0.2, -0.15) is 0 Å². The van der Waals surface area contributed by atoms with Gasteiger partial charge >= 0.3 is 6.36 Å². The van der Waals surface area contributed by atoms with Crippen LogP contribution < -0.4 is 10.5 Å². The molecule has 2 N–H and O–H groups in total. The molecule has 0 heterocycles. The highest BCUT2D eigenvalue weighted by Gasteiger charge is 2.31. The van der Waals surface area contributed by atoms with Crippen molar-refractivity contribution in [2.75, 3.05) is 0 Å². The van der Waals surface area contributed by atoms with Gasteiger partial charge in [0.05, 0.1) is 6.04 Å². The summed E-state index contributed by atoms with van der Waals surface area (Å²) in [6.07, 6.45) is -4.06. The molecular weight excluding hydrogens is 259 g/mol. The second kappa shape index (κ2) is 6.06. The Bertz CT molecular complexity index is 446. The Morgan fingerprint density at radius 3 is 2.58 bits per heavy atom. The van der Waals surface area contributed by atoms with Crippen molar-refractivity contribution < 1.29 is 22.7 Å². The van der Waals surface area contributed by atoms with Crippen LogP contribution in [0.25, 0.3) is 0 Å². The van der Waals surface area contributed by atoms with Crippen LogP contribution in [0.5, 0.6) is 5.75 Å². The monoisotopic (exact) mass is 275 g/mol. The van der Waals surface area contributed by atoms with Crippen molar-refractivity contribution in [1.82, 2.24) is 0 Å². The first-order chi connectivity index (χ1) is 8.74. The zero-order valence-corrected chi connectivity index (χ0v) is 10.7. The minimum atomic E-state index is -4.78. The number of benzene rings is 1. The third-order valence-electron chi connectivity index (χ3n) is 2.91. The summed E-state index contributed by atoms with van der Waals surface area (Å²) in [5.74, 6) is -0.851. The quantitative estimate of drug-likeness (QED) is 0.840. The smallest absolute Gasteiger partial charge is 0.406 e. The first-order valence-electron chi connectivity index (χ1n) is 5.90. The third kappa shape index (κ3) is 4.55. The molecule has 0 bridgehead atoms. The molecule has 1 rings (SSSR count). The highest BCUT2D eigenvalue weighted by Crippen LogP contribution is 2.24. The van der Waals surface area contributed by atoms with E-state index in [9.17, 15) is 18.0 Å². The fourth-order valence-electron chi connectivity index (χ4n) is 1.55. The van der Waals surface area contributed by atoms with E-state index < -0.39 is 18.2 Å². The van der Waals surface area contributed by atoms with Crippen LogP contribution in [0.2, 0.25) is 0 Å². The molecule has 0 saturated heterocycles. The maximum Gasteiger partial charge on any atom is 0.573 e. The number of alkyl halides is 3. The Morgan fingerprint density at radius 1 is 1.42 bits per heavy atom. The Morgan fingerprint density at radius 2 is 2.05 bits per heavy atom. The number of ketones is 1. The number of rotatable bonds is 5. The molecule has 2 atom stereocenters. The standard InChI is InChI=1S/C13H16F3NO2/c1-3-8(2)11(17)12(18)9-5-4-6-10(7-9)19-13(14,15)16/h4-8,11H,3,17H2,1-2H3. The summed E-state index contributed by atoms with van der Waals surface area (Å²) >= 11 is 0. The Labute approximate surface area is 109 Å². The maximum atomic E-state index is 12.1. The third-order valence-corrected chi connectivity index (χ3v) is 2.91. The molecule has 0 aliphatic carbocycles. The Balaban J connectivity index is 2.90. The van der Waals surface area contributed by atoms with Crippen molar-refractivity contribution in [2.45, 2.75) is 32.7 Å². The lowest BCUT2D eigenvalue weighted by Gasteiger charge is -2.17. The van der Waals surface area contributed by atoms with Gasteiger partial charge in [-0.1, -0.05) is 32.4 Å². The van der Waals surface area contributed by atoms with Crippen molar-refractivity contribution >= 4 is 5.78 Å². The molecule has 1 aromatic carbocycles. The van der Waals surface area contributed by atoms with Gasteiger partial charge in [-0.3, -0.25) is 4.79 Å². The van der Waals surface area contributed by atoms with Crippen LogP contribution >= 0.6 is 0 Å². The fraction of sp³-hybridized carbons (Fsp3) is 0.462. The van der Waals surface area contributed by atoms with Gasteiger partial charge in [-0.25, -0.2) is 0 Å². The number of carbonyl (C=O) groups excluding carboxylic acids is 1. The molecule has 0 radical (unpaired) electrons. The van der Waals surface area contributed by atoms with Gasteiger partial charge in [0.25, 0.3) is 0 Å². The van der Waals surface area contributed by atoms with Gasteiger partial charge < -0.3 is 10.5 Å². The molecule has 0 fully saturated rings. The minimum Gasteiger partial charge on any atom is -0.406 e. The molecule has 106 valence electrons. The lowest BCUT2D eigenvalue weighted by molar-refractivity contribution is -0.274. The lowest BCUT2D eigenvalue weighted by Crippen LogP contribution is -2.36. The van der Waals surface area contributed by atoms with E-state index in [1.807, 2.05) is 13.8 Å². The molecule has 6 heteroatoms. The number of halogens is 3. The second-order valence-corrected chi connectivity index (χ2v) is 4.35. The van der Waals surface area contributed by atoms with Crippen LogP contribution in [0.15, 0.2) is 24.3 Å². The number of ether oxygens (including phenoxy) is 1. The molecule has 3 nitrogen and oxygen atoms in total. The number of nitrogens with two attached hydrogens (primary N) is 1. The molecule has 19 heavy (non-hydrogen) atoms. The number of carbonyl (C=O) groups is 1. The zero-order chi connectivity index (χ0) is 14.6. The van der Waals surface area contributed by atoms with Crippen LogP contribution in [0.3, 0.4) is 0 Å². The van der Waals surface area contributed by atoms with E-state index >= 15 is 0 Å². The van der Waals surface area contributed by atoms with Crippen LogP contribution in [-0.4, -0.2) is 18.2 Å². The highest BCUT2D eigenvalue weighted by atomic mass is 19.4. The fourth-order valence-corrected chi connectivity index (χ4v) is 1.55. The topological polar surface area (TPSA) is 52.3 Å². The number of hydrogen-bond acceptors (Lipinski definition) is 3. The average molecular weight is 275 g/mol. The summed E-state index contributed by atoms with van der Waals surface area (Å²) in [4.78, 5) is 12.0. The molecule has 0 amide bonds. The second-order valence-electron chi connectivity index (χ2n) is 4.35. The molecule has 0 aromatic heterocycles. The number of Topliss-reactive ketones (excluding diaryl/α,β-unsaturated/α-hetero) is 1. The normalized spacial score (nSPS) is 14.8. The van der Waals surface area contributed by atoms with E-state index in [2.05, 4.69) is 4.74 Å². The van der Waals surface area contributed by atoms with Gasteiger partial charge in [0.15, 0.2) is 5.78 Å². The van der Waals surface area contributed by atoms with E-state index in [0.29, 0.717) is 6.42 Å². The zero-order valence-electron chi connectivity index (χ0n) is 10.7. The van der Waals surface area contributed by atoms with Gasteiger partial charge in [0.2, 0.25) is 0 Å². The summed E-state index contributed by atoms with van der Waals surface area (Å²) in [6.45, 7) is 3.71. The van der Waals surface area contributed by atoms with E-state index in [-0.39, 0.29) is 17.3 Å². The maximum absolute atomic E-state index is 12.1. The van der Waals surface area contributed by atoms with E-state index in [1.54, 1.807) is 0 Å². The predicted octanol–water partition coefficient (Wildman–Crippen LogP) is 3.14. The van der Waals surface area contributed by atoms with Gasteiger partial charge in [-0.05, 0) is 18.1 Å². The summed E-state index contributed by atoms with van der Waals surface area (Å²) in [7, 11) is 0. The van der Waals surface area contributed by atoms with E-state index in [1.165, 1.54) is 12.1 Å². The van der Waals surface area contributed by atoms with Crippen molar-refractivity contribution in [3.8, 4) is 5.75 Å². The molecular formula is C13H16F3NO2. The summed E-state index contributed by atoms with van der Waals surface area (Å²) in [6, 6.07) is 4.22. The average Bonchev–Trinajstić information content (AvgIpc) is 2.34. The van der Waals surface area contributed by atoms with Crippen LogP contribution in [0, 0.1) is 5.92 Å². The van der Waals surface area contributed by atoms with Gasteiger partial charge in [0, 0.05) is 5.56 Å². The molecule has 0 saturated carbocycles. The Kier molecular flexibility index (Phi) is 4.94. The summed E-state index contributed by atoms with van der Waals surface area (Å²) < 4.78 is 40.0. The molecule has 0 aliphatic rings. The van der Waals surface area contributed by atoms with Crippen molar-refractivity contribution in [3.63, 3.8) is 0 Å². The first kappa shape index (κ1) is 15.5. The molecule has 0 aliphatic heterocycles. The molecule has 0 spiro atoms. The summed E-state index contributed by atoms with van der Waals surface area (Å²) in [5, 5.41) is 0. The largest absolute Gasteiger partial charge is 0.573 e. The van der Waals surface area contributed by atoms with Gasteiger partial charge in [-0.15, -0.1) is 13.2 Å². The van der Waals surface area contributed by atoms with E-state index in [0.717, 1.165) is 12.1 Å². The Hall–Kier alpha value is -1.56. The van der Waals surface area contributed by atoms with Gasteiger partial charge in [0.1, 0.15) is 5.75 Å². The molecule has 2 unspecified atom stereocenters. The number of hydrogen-bond donors (Lipinski definition) is 1. The van der Waals surface area contributed by atoms with Crippen molar-refractivity contribution in [3.05, 3.63) is 29.8 Å². The predicted molar refractivity (Wildman–Crippen MR) is 64.9 cm³/mol. The van der Waals surface area contributed by atoms with Crippen molar-refractivity contribution in [2.24, 2.45) is 11.7 Å². The van der Waals surface area contributed by atoms with Crippen molar-refractivity contribution in [1.29, 1.82) is 0 Å². The first-order valence-corrected chi connectivity index (χ1v) is 5.90. The highest BCUT2D eigenvalue weighted by molar-refractivity contribution is 6.00. The van der Waals surface area contributed by atoms with Crippen LogP contribution in [-0.2, 0) is 0 Å². The minimum absolute atomic E-state index is 0.0420.